The molecule has 12 nitrogen and oxygen atoms in total. The molecule has 0 saturated heterocycles. The fourth-order valence-corrected chi connectivity index (χ4v) is 4.58. The lowest BCUT2D eigenvalue weighted by atomic mass is 10.1. The van der Waals surface area contributed by atoms with Crippen molar-refractivity contribution in [3.8, 4) is 28.6 Å². The second-order valence-electron chi connectivity index (χ2n) is 8.48. The maximum absolute atomic E-state index is 11.8. The Morgan fingerprint density at radius 2 is 1.68 bits per heavy atom. The average molecular weight is 539 g/mol. The van der Waals surface area contributed by atoms with E-state index in [1.807, 2.05) is 19.9 Å². The summed E-state index contributed by atoms with van der Waals surface area (Å²) in [5, 5.41) is 8.92. The molecule has 13 heteroatoms. The van der Waals surface area contributed by atoms with Crippen LogP contribution in [-0.4, -0.2) is 65.8 Å². The summed E-state index contributed by atoms with van der Waals surface area (Å²) in [5.41, 5.74) is 3.05. The van der Waals surface area contributed by atoms with Crippen molar-refractivity contribution in [1.82, 2.24) is 34.4 Å². The lowest BCUT2D eigenvalue weighted by molar-refractivity contribution is 0.0670. The van der Waals surface area contributed by atoms with Crippen molar-refractivity contribution in [2.45, 2.75) is 32.4 Å². The van der Waals surface area contributed by atoms with E-state index in [0.717, 1.165) is 11.1 Å². The molecule has 3 heterocycles. The first kappa shape index (κ1) is 27.3. The van der Waals surface area contributed by atoms with Crippen molar-refractivity contribution in [1.29, 1.82) is 0 Å². The second-order valence-corrected chi connectivity index (χ2v) is 9.18. The van der Waals surface area contributed by atoms with Crippen LogP contribution in [0.1, 0.15) is 28.9 Å². The van der Waals surface area contributed by atoms with Crippen LogP contribution in [0.4, 0.5) is 0 Å². The highest BCUT2D eigenvalue weighted by Gasteiger charge is 2.30. The lowest BCUT2D eigenvalue weighted by Gasteiger charge is -2.27. The maximum Gasteiger partial charge on any atom is 0.170 e. The highest BCUT2D eigenvalue weighted by Crippen LogP contribution is 2.37. The van der Waals surface area contributed by atoms with Crippen molar-refractivity contribution in [3.05, 3.63) is 71.8 Å². The van der Waals surface area contributed by atoms with Crippen molar-refractivity contribution in [2.75, 3.05) is 21.3 Å². The summed E-state index contributed by atoms with van der Waals surface area (Å²) in [4.78, 5) is 13.0. The monoisotopic (exact) mass is 538 g/mol. The molecule has 1 N–H and O–H groups in total. The van der Waals surface area contributed by atoms with Crippen molar-refractivity contribution in [3.63, 3.8) is 0 Å². The molecule has 38 heavy (non-hydrogen) atoms. The van der Waals surface area contributed by atoms with E-state index in [1.165, 1.54) is 7.11 Å². The number of aryl methyl sites for hydroxylation is 2. The second kappa shape index (κ2) is 12.2. The Bertz CT molecular complexity index is 1390. The molecule has 0 bridgehead atoms. The number of hydrogen-bond acceptors (Lipinski definition) is 10. The van der Waals surface area contributed by atoms with Gasteiger partial charge in [-0.1, -0.05) is 6.07 Å². The van der Waals surface area contributed by atoms with Gasteiger partial charge >= 0.3 is 0 Å². The normalized spacial score (nSPS) is 13.6. The Hall–Kier alpha value is -3.78. The van der Waals surface area contributed by atoms with Crippen LogP contribution in [0.15, 0.2) is 49.1 Å². The van der Waals surface area contributed by atoms with Crippen LogP contribution >= 0.6 is 0 Å². The number of rotatable bonds is 11. The summed E-state index contributed by atoms with van der Waals surface area (Å²) >= 11 is -2.62. The molecule has 3 atom stereocenters. The largest absolute Gasteiger partial charge is 0.760 e. The van der Waals surface area contributed by atoms with Crippen LogP contribution in [0, 0.1) is 13.8 Å². The number of ether oxygens (including phenoxy) is 3. The Kier molecular flexibility index (Phi) is 8.73. The van der Waals surface area contributed by atoms with Gasteiger partial charge in [-0.25, -0.2) is 14.7 Å². The molecule has 1 aromatic carbocycles. The van der Waals surface area contributed by atoms with Gasteiger partial charge in [-0.05, 0) is 43.2 Å². The minimum absolute atomic E-state index is 0.0666. The summed E-state index contributed by atoms with van der Waals surface area (Å²) in [5.74, 6) is 2.23. The van der Waals surface area contributed by atoms with E-state index < -0.39 is 23.4 Å². The molecule has 0 fully saturated rings. The Morgan fingerprint density at radius 3 is 2.26 bits per heavy atom. The van der Waals surface area contributed by atoms with E-state index in [4.69, 9.17) is 14.2 Å². The standard InChI is InChI=1S/C25H29N7O5S/c1-15-9-17(14-26-11-15)25-30-29-21(32(25)22-19(35-3)7-6-8-20(22)36-4)10-18(31-38(33)34)23(37-5)24-27-12-16(2)13-28-24/h6-9,11-14,18,23,31H,10H2,1-5H3,(H,33,34)/p-1/t18-,23-/m0/s1. The molecule has 3 aromatic heterocycles. The molecule has 200 valence electrons. The first-order chi connectivity index (χ1) is 18.4. The lowest BCUT2D eigenvalue weighted by Crippen LogP contribution is -2.40. The Morgan fingerprint density at radius 1 is 1.00 bits per heavy atom. The van der Waals surface area contributed by atoms with Crippen LogP contribution in [0.2, 0.25) is 0 Å². The topological polar surface area (TPSA) is 149 Å². The van der Waals surface area contributed by atoms with Gasteiger partial charge in [-0.15, -0.1) is 10.2 Å². The van der Waals surface area contributed by atoms with E-state index >= 15 is 0 Å². The van der Waals surface area contributed by atoms with Crippen LogP contribution in [0.25, 0.3) is 17.1 Å². The highest BCUT2D eigenvalue weighted by atomic mass is 32.2. The SMILES string of the molecule is COc1cccc(OC)c1-n1c(C[C@H](NS(=O)[O-])[C@H](OC)c2ncc(C)cn2)nnc1-c1cncc(C)c1. The van der Waals surface area contributed by atoms with E-state index in [1.54, 1.807) is 61.8 Å². The zero-order valence-electron chi connectivity index (χ0n) is 21.6. The van der Waals surface area contributed by atoms with E-state index in [2.05, 4.69) is 29.9 Å². The van der Waals surface area contributed by atoms with Gasteiger partial charge in [0.05, 0.1) is 20.3 Å². The van der Waals surface area contributed by atoms with Gasteiger partial charge in [0.2, 0.25) is 0 Å². The predicted octanol–water partition coefficient (Wildman–Crippen LogP) is 2.44. The fraction of sp³-hybridized carbons (Fsp3) is 0.320. The number of nitrogens with zero attached hydrogens (tertiary/aromatic N) is 6. The van der Waals surface area contributed by atoms with Gasteiger partial charge in [-0.2, -0.15) is 0 Å². The molecule has 0 amide bonds. The molecule has 0 radical (unpaired) electrons. The molecular formula is C25H28N7O5S-. The minimum Gasteiger partial charge on any atom is -0.760 e. The molecule has 1 unspecified atom stereocenters. The quantitative estimate of drug-likeness (QED) is 0.282. The van der Waals surface area contributed by atoms with Gasteiger partial charge < -0.3 is 18.8 Å². The average Bonchev–Trinajstić information content (AvgIpc) is 3.32. The number of hydrogen-bond donors (Lipinski definition) is 1. The van der Waals surface area contributed by atoms with Gasteiger partial charge in [0.15, 0.2) is 11.6 Å². The zero-order valence-corrected chi connectivity index (χ0v) is 22.4. The first-order valence-corrected chi connectivity index (χ1v) is 12.7. The fourth-order valence-electron chi connectivity index (χ4n) is 4.13. The number of para-hydroxylation sites is 1. The third-order valence-electron chi connectivity index (χ3n) is 5.81. The number of aromatic nitrogens is 6. The van der Waals surface area contributed by atoms with E-state index in [-0.39, 0.29) is 6.42 Å². The van der Waals surface area contributed by atoms with Gasteiger partial charge in [0, 0.05) is 55.1 Å². The Labute approximate surface area is 222 Å². The summed E-state index contributed by atoms with van der Waals surface area (Å²) in [6.45, 7) is 3.79. The maximum atomic E-state index is 11.8. The van der Waals surface area contributed by atoms with E-state index in [9.17, 15) is 8.76 Å². The van der Waals surface area contributed by atoms with Crippen molar-refractivity contribution in [2.24, 2.45) is 0 Å². The number of pyridine rings is 1. The Balaban J connectivity index is 1.89. The third kappa shape index (κ3) is 5.86. The van der Waals surface area contributed by atoms with Gasteiger partial charge in [-0.3, -0.25) is 13.8 Å². The van der Waals surface area contributed by atoms with Crippen LogP contribution in [0.3, 0.4) is 0 Å². The number of benzene rings is 1. The molecule has 0 saturated carbocycles. The minimum atomic E-state index is -2.62. The molecule has 0 aliphatic rings. The molecule has 4 aromatic rings. The highest BCUT2D eigenvalue weighted by molar-refractivity contribution is 7.77. The third-order valence-corrected chi connectivity index (χ3v) is 6.31. The first-order valence-electron chi connectivity index (χ1n) is 11.6. The van der Waals surface area contributed by atoms with Crippen molar-refractivity contribution >= 4 is 11.3 Å². The smallest absolute Gasteiger partial charge is 0.170 e. The van der Waals surface area contributed by atoms with Crippen LogP contribution < -0.4 is 14.2 Å². The summed E-state index contributed by atoms with van der Waals surface area (Å²) in [6.07, 6.45) is 5.96. The molecule has 0 aliphatic carbocycles. The molecule has 0 spiro atoms. The van der Waals surface area contributed by atoms with Crippen molar-refractivity contribution < 1.29 is 23.0 Å². The number of methoxy groups -OCH3 is 3. The van der Waals surface area contributed by atoms with Crippen LogP contribution in [0.5, 0.6) is 11.5 Å². The zero-order chi connectivity index (χ0) is 27.2. The van der Waals surface area contributed by atoms with Gasteiger partial charge in [0.25, 0.3) is 0 Å². The summed E-state index contributed by atoms with van der Waals surface area (Å²) < 4.78 is 45.0. The van der Waals surface area contributed by atoms with Gasteiger partial charge in [0.1, 0.15) is 29.1 Å². The molecule has 0 aliphatic heterocycles. The molecular weight excluding hydrogens is 510 g/mol. The number of nitrogens with one attached hydrogen (secondary N) is 1. The predicted molar refractivity (Wildman–Crippen MR) is 138 cm³/mol. The van der Waals surface area contributed by atoms with Crippen LogP contribution in [-0.2, 0) is 22.4 Å². The van der Waals surface area contributed by atoms with E-state index in [0.29, 0.717) is 40.2 Å². The summed E-state index contributed by atoms with van der Waals surface area (Å²) in [7, 11) is 4.57. The molecule has 4 rings (SSSR count). The summed E-state index contributed by atoms with van der Waals surface area (Å²) in [6, 6.07) is 6.49.